The zero-order valence-electron chi connectivity index (χ0n) is 15.8. The van der Waals surface area contributed by atoms with Crippen molar-refractivity contribution < 1.29 is 27.6 Å². The quantitative estimate of drug-likeness (QED) is 0.371. The number of nitrogens with one attached hydrogen (secondary N) is 1. The van der Waals surface area contributed by atoms with Crippen LogP contribution in [0.15, 0.2) is 40.5 Å². The first kappa shape index (κ1) is 20.6. The first-order valence-corrected chi connectivity index (χ1v) is 11.7. The van der Waals surface area contributed by atoms with Crippen molar-refractivity contribution in [3.8, 4) is 0 Å². The molecule has 4 rings (SSSR count). The Morgan fingerprint density at radius 2 is 2.03 bits per heavy atom. The summed E-state index contributed by atoms with van der Waals surface area (Å²) < 4.78 is 30.0. The van der Waals surface area contributed by atoms with E-state index in [1.807, 2.05) is 0 Å². The number of hydrogen-bond donors (Lipinski definition) is 1. The normalized spacial score (nSPS) is 19.5. The molecule has 1 aromatic heterocycles. The standard InChI is InChI=1S/C19H19N3O6S2/c23-10-14-9-20-19(29-14)21-18(24)17(22-28-13-7-8-27-11-13)12-1-3-15(4-2-12)30(25,26)16-5-6-16/h1-4,9-10,13,16H,5-8,11H2,(H,20,21,24)/b22-17+. The second kappa shape index (κ2) is 8.62. The molecule has 2 heterocycles. The third-order valence-corrected chi connectivity index (χ3v) is 7.79. The molecule has 11 heteroatoms. The van der Waals surface area contributed by atoms with Crippen LogP contribution in [0.4, 0.5) is 5.13 Å². The molecule has 1 aliphatic carbocycles. The van der Waals surface area contributed by atoms with Crippen molar-refractivity contribution in [3.63, 3.8) is 0 Å². The van der Waals surface area contributed by atoms with Gasteiger partial charge in [-0.2, -0.15) is 0 Å². The number of sulfone groups is 1. The number of nitrogens with zero attached hydrogens (tertiary/aromatic N) is 2. The Kier molecular flexibility index (Phi) is 5.93. The van der Waals surface area contributed by atoms with E-state index in [9.17, 15) is 18.0 Å². The van der Waals surface area contributed by atoms with Gasteiger partial charge in [-0.15, -0.1) is 0 Å². The summed E-state index contributed by atoms with van der Waals surface area (Å²) in [7, 11) is -3.33. The van der Waals surface area contributed by atoms with E-state index < -0.39 is 15.7 Å². The summed E-state index contributed by atoms with van der Waals surface area (Å²) >= 11 is 1.03. The van der Waals surface area contributed by atoms with Gasteiger partial charge < -0.3 is 9.57 Å². The topological polar surface area (TPSA) is 124 Å². The van der Waals surface area contributed by atoms with Crippen LogP contribution in [0.3, 0.4) is 0 Å². The van der Waals surface area contributed by atoms with Gasteiger partial charge in [0.15, 0.2) is 33.1 Å². The summed E-state index contributed by atoms with van der Waals surface area (Å²) in [5, 5.41) is 6.54. The predicted molar refractivity (Wildman–Crippen MR) is 110 cm³/mol. The summed E-state index contributed by atoms with van der Waals surface area (Å²) in [5.41, 5.74) is 0.369. The van der Waals surface area contributed by atoms with Crippen LogP contribution in [0.5, 0.6) is 0 Å². The van der Waals surface area contributed by atoms with Gasteiger partial charge >= 0.3 is 0 Å². The lowest BCUT2D eigenvalue weighted by Gasteiger charge is -2.10. The first-order valence-electron chi connectivity index (χ1n) is 9.35. The van der Waals surface area contributed by atoms with Crippen LogP contribution in [0.2, 0.25) is 0 Å². The van der Waals surface area contributed by atoms with Gasteiger partial charge in [0.2, 0.25) is 0 Å². The third-order valence-electron chi connectivity index (χ3n) is 4.68. The molecular formula is C19H19N3O6S2. The lowest BCUT2D eigenvalue weighted by molar-refractivity contribution is -0.110. The van der Waals surface area contributed by atoms with Crippen LogP contribution in [0, 0.1) is 0 Å². The van der Waals surface area contributed by atoms with Crippen molar-refractivity contribution in [1.29, 1.82) is 0 Å². The second-order valence-corrected chi connectivity index (χ2v) is 10.2. The number of aldehydes is 1. The lowest BCUT2D eigenvalue weighted by Crippen LogP contribution is -2.25. The summed E-state index contributed by atoms with van der Waals surface area (Å²) in [4.78, 5) is 33.7. The van der Waals surface area contributed by atoms with Gasteiger partial charge in [0.25, 0.3) is 5.91 Å². The fourth-order valence-corrected chi connectivity index (χ4v) is 5.16. The number of oxime groups is 1. The molecule has 158 valence electrons. The van der Waals surface area contributed by atoms with E-state index in [0.29, 0.717) is 49.2 Å². The van der Waals surface area contributed by atoms with Crippen molar-refractivity contribution in [2.24, 2.45) is 5.16 Å². The van der Waals surface area contributed by atoms with Crippen molar-refractivity contribution in [1.82, 2.24) is 4.98 Å². The van der Waals surface area contributed by atoms with Gasteiger partial charge in [-0.1, -0.05) is 28.6 Å². The zero-order valence-corrected chi connectivity index (χ0v) is 17.4. The Hall–Kier alpha value is -2.63. The number of thiazole rings is 1. The van der Waals surface area contributed by atoms with Crippen LogP contribution in [0.25, 0.3) is 0 Å². The molecule has 1 atom stereocenters. The molecular weight excluding hydrogens is 430 g/mol. The van der Waals surface area contributed by atoms with E-state index in [-0.39, 0.29) is 27.1 Å². The average Bonchev–Trinajstić information content (AvgIpc) is 3.31. The van der Waals surface area contributed by atoms with E-state index in [2.05, 4.69) is 15.5 Å². The molecule has 1 aromatic carbocycles. The van der Waals surface area contributed by atoms with Crippen LogP contribution < -0.4 is 5.32 Å². The zero-order chi connectivity index (χ0) is 21.1. The molecule has 1 saturated carbocycles. The molecule has 1 N–H and O–H groups in total. The number of benzene rings is 1. The first-order chi connectivity index (χ1) is 14.5. The lowest BCUT2D eigenvalue weighted by atomic mass is 10.1. The van der Waals surface area contributed by atoms with E-state index in [4.69, 9.17) is 9.57 Å². The molecule has 1 amide bonds. The fraction of sp³-hybridized carbons (Fsp3) is 0.368. The average molecular weight is 450 g/mol. The summed E-state index contributed by atoms with van der Waals surface area (Å²) in [6, 6.07) is 6.00. The molecule has 1 saturated heterocycles. The van der Waals surface area contributed by atoms with Gasteiger partial charge in [-0.3, -0.25) is 14.9 Å². The minimum atomic E-state index is -3.33. The maximum absolute atomic E-state index is 12.8. The number of amides is 1. The Labute approximate surface area is 177 Å². The largest absolute Gasteiger partial charge is 0.389 e. The number of aromatic nitrogens is 1. The fourth-order valence-electron chi connectivity index (χ4n) is 2.88. The highest BCUT2D eigenvalue weighted by Crippen LogP contribution is 2.33. The molecule has 2 fully saturated rings. The van der Waals surface area contributed by atoms with Crippen LogP contribution in [-0.2, 0) is 24.2 Å². The number of rotatable bonds is 8. The van der Waals surface area contributed by atoms with Gasteiger partial charge in [0.05, 0.1) is 34.4 Å². The van der Waals surface area contributed by atoms with Crippen molar-refractivity contribution in [2.75, 3.05) is 18.5 Å². The third kappa shape index (κ3) is 4.58. The van der Waals surface area contributed by atoms with E-state index in [1.54, 1.807) is 0 Å². The van der Waals surface area contributed by atoms with Crippen molar-refractivity contribution in [3.05, 3.63) is 40.9 Å². The molecule has 1 aliphatic heterocycles. The Bertz CT molecular complexity index is 1070. The molecule has 0 bridgehead atoms. The molecule has 9 nitrogen and oxygen atoms in total. The minimum absolute atomic E-state index is 0.0277. The molecule has 2 aliphatic rings. The highest BCUT2D eigenvalue weighted by Gasteiger charge is 2.36. The molecule has 0 radical (unpaired) electrons. The molecule has 30 heavy (non-hydrogen) atoms. The SMILES string of the molecule is O=Cc1cnc(NC(=O)/C(=N/OC2CCOC2)c2ccc(S(=O)(=O)C3CC3)cc2)s1. The highest BCUT2D eigenvalue weighted by atomic mass is 32.2. The number of ether oxygens (including phenoxy) is 1. The summed E-state index contributed by atoms with van der Waals surface area (Å²) in [5.74, 6) is -0.585. The van der Waals surface area contributed by atoms with Crippen LogP contribution >= 0.6 is 11.3 Å². The highest BCUT2D eigenvalue weighted by molar-refractivity contribution is 7.92. The van der Waals surface area contributed by atoms with Crippen molar-refractivity contribution in [2.45, 2.75) is 35.5 Å². The van der Waals surface area contributed by atoms with Crippen LogP contribution in [-0.4, -0.2) is 55.9 Å². The van der Waals surface area contributed by atoms with Gasteiger partial charge in [0, 0.05) is 12.0 Å². The van der Waals surface area contributed by atoms with E-state index in [0.717, 1.165) is 11.3 Å². The predicted octanol–water partition coefficient (Wildman–Crippen LogP) is 2.04. The minimum Gasteiger partial charge on any atom is -0.389 e. The Balaban J connectivity index is 1.58. The summed E-state index contributed by atoms with van der Waals surface area (Å²) in [6.45, 7) is 0.940. The number of carbonyl (C=O) groups excluding carboxylic acids is 2. The smallest absolute Gasteiger partial charge is 0.280 e. The van der Waals surface area contributed by atoms with Crippen molar-refractivity contribution >= 4 is 44.2 Å². The number of anilines is 1. The van der Waals surface area contributed by atoms with Gasteiger partial charge in [-0.05, 0) is 25.0 Å². The molecule has 0 spiro atoms. The van der Waals surface area contributed by atoms with Gasteiger partial charge in [-0.25, -0.2) is 13.4 Å². The monoisotopic (exact) mass is 449 g/mol. The Morgan fingerprint density at radius 3 is 2.63 bits per heavy atom. The molecule has 1 unspecified atom stereocenters. The van der Waals surface area contributed by atoms with Gasteiger partial charge in [0.1, 0.15) is 0 Å². The van der Waals surface area contributed by atoms with Crippen LogP contribution in [0.1, 0.15) is 34.5 Å². The summed E-state index contributed by atoms with van der Waals surface area (Å²) in [6.07, 6.45) is 3.74. The van der Waals surface area contributed by atoms with E-state index in [1.165, 1.54) is 30.5 Å². The number of hydrogen-bond acceptors (Lipinski definition) is 9. The molecule has 2 aromatic rings. The van der Waals surface area contributed by atoms with E-state index >= 15 is 0 Å². The Morgan fingerprint density at radius 1 is 1.27 bits per heavy atom. The maximum atomic E-state index is 12.8. The number of carbonyl (C=O) groups is 2. The second-order valence-electron chi connectivity index (χ2n) is 6.94. The maximum Gasteiger partial charge on any atom is 0.280 e.